The summed E-state index contributed by atoms with van der Waals surface area (Å²) in [6, 6.07) is 0. The number of aliphatic carboxylic acids is 1. The van der Waals surface area contributed by atoms with Gasteiger partial charge in [-0.3, -0.25) is 4.79 Å². The first kappa shape index (κ1) is 7.76. The van der Waals surface area contributed by atoms with Gasteiger partial charge in [-0.15, -0.1) is 0 Å². The molecule has 0 radical (unpaired) electrons. The Morgan fingerprint density at radius 1 is 1.67 bits per heavy atom. The molecule has 0 aliphatic carbocycles. The maximum absolute atomic E-state index is 10.9. The summed E-state index contributed by atoms with van der Waals surface area (Å²) in [7, 11) is 0. The summed E-state index contributed by atoms with van der Waals surface area (Å²) in [6.45, 7) is 1.81. The van der Waals surface area contributed by atoms with Gasteiger partial charge in [0.25, 0.3) is 0 Å². The number of carbonyl (C=O) groups is 1. The van der Waals surface area contributed by atoms with Gasteiger partial charge in [0.15, 0.2) is 0 Å². The lowest BCUT2D eigenvalue weighted by molar-refractivity contribution is -0.145. The lowest BCUT2D eigenvalue weighted by atomic mass is 9.78. The van der Waals surface area contributed by atoms with E-state index in [1.807, 2.05) is 13.0 Å². The quantitative estimate of drug-likeness (QED) is 0.530. The first-order valence-electron chi connectivity index (χ1n) is 3.93. The van der Waals surface area contributed by atoms with Crippen LogP contribution in [-0.4, -0.2) is 28.8 Å². The monoisotopic (exact) mass is 169 g/mol. The fraction of sp³-hybridized carbons (Fsp3) is 0.625. The van der Waals surface area contributed by atoms with E-state index in [1.165, 1.54) is 0 Å². The van der Waals surface area contributed by atoms with Gasteiger partial charge in [-0.25, -0.2) is 0 Å². The van der Waals surface area contributed by atoms with Crippen molar-refractivity contribution in [1.82, 2.24) is 0 Å². The molecule has 3 N–H and O–H groups in total. The Labute approximate surface area is 70.0 Å². The minimum atomic E-state index is -1.22. The molecule has 0 aromatic rings. The molecule has 1 saturated heterocycles. The maximum Gasteiger partial charge on any atom is 0.327 e. The molecule has 4 unspecified atom stereocenters. The van der Waals surface area contributed by atoms with Crippen molar-refractivity contribution in [1.29, 1.82) is 0 Å². The van der Waals surface area contributed by atoms with Gasteiger partial charge in [-0.2, -0.15) is 0 Å². The van der Waals surface area contributed by atoms with Gasteiger partial charge in [-0.05, 0) is 0 Å². The largest absolute Gasteiger partial charge is 0.480 e. The molecule has 2 aliphatic rings. The van der Waals surface area contributed by atoms with Crippen molar-refractivity contribution < 1.29 is 14.6 Å². The van der Waals surface area contributed by atoms with Crippen LogP contribution in [0.15, 0.2) is 12.2 Å². The van der Waals surface area contributed by atoms with Crippen molar-refractivity contribution in [3.63, 3.8) is 0 Å². The van der Waals surface area contributed by atoms with E-state index in [4.69, 9.17) is 15.6 Å². The summed E-state index contributed by atoms with van der Waals surface area (Å²) in [4.78, 5) is 10.9. The molecule has 4 heteroatoms. The lowest BCUT2D eigenvalue weighted by Gasteiger charge is -2.28. The fourth-order valence-electron chi connectivity index (χ4n) is 1.87. The van der Waals surface area contributed by atoms with E-state index in [-0.39, 0.29) is 12.0 Å². The first-order valence-corrected chi connectivity index (χ1v) is 3.93. The third-order valence-electron chi connectivity index (χ3n) is 2.87. The molecule has 0 aromatic carbocycles. The molecule has 0 amide bonds. The van der Waals surface area contributed by atoms with E-state index in [0.717, 1.165) is 0 Å². The van der Waals surface area contributed by atoms with Gasteiger partial charge in [0.05, 0.1) is 6.10 Å². The highest BCUT2D eigenvalue weighted by molar-refractivity contribution is 5.81. The average molecular weight is 169 g/mol. The van der Waals surface area contributed by atoms with Crippen LogP contribution in [0.3, 0.4) is 0 Å². The van der Waals surface area contributed by atoms with Gasteiger partial charge in [-0.1, -0.05) is 19.1 Å². The predicted octanol–water partition coefficient (Wildman–Crippen LogP) is -0.258. The van der Waals surface area contributed by atoms with E-state index >= 15 is 0 Å². The Morgan fingerprint density at radius 2 is 2.33 bits per heavy atom. The van der Waals surface area contributed by atoms with Crippen LogP contribution < -0.4 is 5.73 Å². The van der Waals surface area contributed by atoms with E-state index < -0.39 is 17.6 Å². The number of carboxylic acids is 1. The number of hydrogen-bond donors (Lipinski definition) is 2. The summed E-state index contributed by atoms with van der Waals surface area (Å²) in [6.07, 6.45) is 3.05. The molecule has 2 rings (SSSR count). The number of carboxylic acid groups (broad SMARTS) is 1. The van der Waals surface area contributed by atoms with Crippen molar-refractivity contribution in [2.24, 2.45) is 11.7 Å². The normalized spacial score (nSPS) is 50.0. The molecule has 2 heterocycles. The molecule has 0 saturated carbocycles. The van der Waals surface area contributed by atoms with E-state index in [9.17, 15) is 4.79 Å². The van der Waals surface area contributed by atoms with Gasteiger partial charge in [0.2, 0.25) is 0 Å². The standard InChI is InChI=1S/C8H11NO3/c1-4-5-2-3-6(12-5)8(4,9)7(10)11/h2-6H,9H2,1H3,(H,10,11). The summed E-state index contributed by atoms with van der Waals surface area (Å²) >= 11 is 0. The number of hydrogen-bond acceptors (Lipinski definition) is 3. The van der Waals surface area contributed by atoms with Crippen LogP contribution in [0.1, 0.15) is 6.92 Å². The van der Waals surface area contributed by atoms with Crippen LogP contribution in [-0.2, 0) is 9.53 Å². The molecule has 0 spiro atoms. The molecule has 4 nitrogen and oxygen atoms in total. The lowest BCUT2D eigenvalue weighted by Crippen LogP contribution is -2.58. The number of rotatable bonds is 1. The van der Waals surface area contributed by atoms with Crippen molar-refractivity contribution in [3.8, 4) is 0 Å². The number of fused-ring (bicyclic) bond motifs is 2. The highest BCUT2D eigenvalue weighted by atomic mass is 16.5. The minimum absolute atomic E-state index is 0.115. The Morgan fingerprint density at radius 3 is 2.67 bits per heavy atom. The second-order valence-corrected chi connectivity index (χ2v) is 3.43. The molecule has 1 fully saturated rings. The van der Waals surface area contributed by atoms with E-state index in [2.05, 4.69) is 0 Å². The molecular formula is C8H11NO3. The second-order valence-electron chi connectivity index (χ2n) is 3.43. The molecule has 66 valence electrons. The van der Waals surface area contributed by atoms with Crippen molar-refractivity contribution >= 4 is 5.97 Å². The maximum atomic E-state index is 10.9. The topological polar surface area (TPSA) is 72.5 Å². The Kier molecular flexibility index (Phi) is 1.35. The summed E-state index contributed by atoms with van der Waals surface area (Å²) in [5.74, 6) is -1.13. The van der Waals surface area contributed by atoms with Crippen molar-refractivity contribution in [2.45, 2.75) is 24.7 Å². The smallest absolute Gasteiger partial charge is 0.327 e. The van der Waals surface area contributed by atoms with Gasteiger partial charge in [0.1, 0.15) is 11.6 Å². The van der Waals surface area contributed by atoms with Gasteiger partial charge >= 0.3 is 5.97 Å². The molecular weight excluding hydrogens is 158 g/mol. The van der Waals surface area contributed by atoms with Crippen LogP contribution in [0.25, 0.3) is 0 Å². The zero-order valence-electron chi connectivity index (χ0n) is 6.73. The van der Waals surface area contributed by atoms with Crippen LogP contribution in [0, 0.1) is 5.92 Å². The second kappa shape index (κ2) is 2.08. The third kappa shape index (κ3) is 0.665. The van der Waals surface area contributed by atoms with Gasteiger partial charge in [0, 0.05) is 5.92 Å². The van der Waals surface area contributed by atoms with Crippen LogP contribution in [0.5, 0.6) is 0 Å². The third-order valence-corrected chi connectivity index (χ3v) is 2.87. The highest BCUT2D eigenvalue weighted by Gasteiger charge is 2.58. The van der Waals surface area contributed by atoms with E-state index in [0.29, 0.717) is 0 Å². The van der Waals surface area contributed by atoms with Crippen LogP contribution in [0.2, 0.25) is 0 Å². The Hall–Kier alpha value is -0.870. The van der Waals surface area contributed by atoms with Crippen molar-refractivity contribution in [3.05, 3.63) is 12.2 Å². The number of nitrogens with two attached hydrogens (primary N) is 1. The molecule has 4 atom stereocenters. The summed E-state index contributed by atoms with van der Waals surface area (Å²) < 4.78 is 5.34. The Balaban J connectivity index is 2.39. The zero-order chi connectivity index (χ0) is 8.93. The molecule has 0 aromatic heterocycles. The predicted molar refractivity (Wildman–Crippen MR) is 41.5 cm³/mol. The van der Waals surface area contributed by atoms with Crippen LogP contribution >= 0.6 is 0 Å². The highest BCUT2D eigenvalue weighted by Crippen LogP contribution is 2.40. The average Bonchev–Trinajstić information content (AvgIpc) is 2.55. The molecule has 2 aliphatic heterocycles. The fourth-order valence-corrected chi connectivity index (χ4v) is 1.87. The Bertz CT molecular complexity index is 263. The molecule has 12 heavy (non-hydrogen) atoms. The van der Waals surface area contributed by atoms with E-state index in [1.54, 1.807) is 6.08 Å². The summed E-state index contributed by atoms with van der Waals surface area (Å²) in [5.41, 5.74) is 4.53. The van der Waals surface area contributed by atoms with Gasteiger partial charge < -0.3 is 15.6 Å². The van der Waals surface area contributed by atoms with Crippen LogP contribution in [0.4, 0.5) is 0 Å². The minimum Gasteiger partial charge on any atom is -0.480 e. The van der Waals surface area contributed by atoms with Crippen molar-refractivity contribution in [2.75, 3.05) is 0 Å². The first-order chi connectivity index (χ1) is 5.56. The number of ether oxygens (including phenoxy) is 1. The SMILES string of the molecule is CC1C2C=CC(O2)C1(N)C(=O)O. The molecule has 2 bridgehead atoms. The zero-order valence-corrected chi connectivity index (χ0v) is 6.73. The summed E-state index contributed by atoms with van der Waals surface area (Å²) in [5, 5.41) is 8.93.